The van der Waals surface area contributed by atoms with E-state index in [1.165, 1.54) is 10.5 Å². The second-order valence-corrected chi connectivity index (χ2v) is 8.40. The van der Waals surface area contributed by atoms with Gasteiger partial charge in [0.1, 0.15) is 0 Å². The molecule has 9 heteroatoms. The number of halogens is 4. The smallest absolute Gasteiger partial charge is 0.357 e. The number of aliphatic imine (C=N–C) groups is 1. The third-order valence-electron chi connectivity index (χ3n) is 5.80. The maximum absolute atomic E-state index is 12.6. The number of nitrogens with one attached hydrogen (secondary N) is 2. The molecule has 31 heavy (non-hydrogen) atoms. The van der Waals surface area contributed by atoms with Crippen LogP contribution in [0.15, 0.2) is 35.3 Å². The molecule has 0 aliphatic carbocycles. The molecule has 176 valence electrons. The van der Waals surface area contributed by atoms with E-state index in [1.54, 1.807) is 0 Å². The summed E-state index contributed by atoms with van der Waals surface area (Å²) in [5.74, 6) is 0.976. The average Bonchev–Trinajstić information content (AvgIpc) is 3.14. The minimum absolute atomic E-state index is 0. The van der Waals surface area contributed by atoms with Crippen LogP contribution in [0.25, 0.3) is 0 Å². The Labute approximate surface area is 200 Å². The number of hydrogen-bond donors (Lipinski definition) is 2. The number of nitrogens with zero attached hydrogens (tertiary/aromatic N) is 3. The van der Waals surface area contributed by atoms with Crippen LogP contribution in [0, 0.1) is 5.92 Å². The van der Waals surface area contributed by atoms with Crippen LogP contribution in [0.4, 0.5) is 13.2 Å². The lowest BCUT2D eigenvalue weighted by molar-refractivity contribution is -0.143. The van der Waals surface area contributed by atoms with Gasteiger partial charge in [-0.15, -0.1) is 24.0 Å². The molecule has 3 rings (SSSR count). The molecule has 0 aromatic heterocycles. The summed E-state index contributed by atoms with van der Waals surface area (Å²) in [5, 5.41) is 6.82. The summed E-state index contributed by atoms with van der Waals surface area (Å²) in [6, 6.07) is 10.9. The maximum atomic E-state index is 12.6. The number of piperidine rings is 1. The largest absolute Gasteiger partial charge is 0.401 e. The second-order valence-electron chi connectivity index (χ2n) is 8.40. The monoisotopic (exact) mass is 553 g/mol. The Morgan fingerprint density at radius 1 is 1.06 bits per heavy atom. The third kappa shape index (κ3) is 9.53. The minimum atomic E-state index is -4.12. The molecule has 2 fully saturated rings. The average molecular weight is 553 g/mol. The van der Waals surface area contributed by atoms with Crippen LogP contribution in [0.3, 0.4) is 0 Å². The lowest BCUT2D eigenvalue weighted by atomic mass is 10.0. The first-order valence-corrected chi connectivity index (χ1v) is 11.0. The third-order valence-corrected chi connectivity index (χ3v) is 5.80. The predicted octanol–water partition coefficient (Wildman–Crippen LogP) is 3.71. The van der Waals surface area contributed by atoms with Gasteiger partial charge in [0.15, 0.2) is 5.96 Å². The first-order valence-electron chi connectivity index (χ1n) is 11.0. The van der Waals surface area contributed by atoms with Crippen molar-refractivity contribution in [2.24, 2.45) is 10.9 Å². The molecule has 1 aromatic carbocycles. The van der Waals surface area contributed by atoms with Crippen LogP contribution in [-0.2, 0) is 6.54 Å². The van der Waals surface area contributed by atoms with Crippen LogP contribution < -0.4 is 10.6 Å². The summed E-state index contributed by atoms with van der Waals surface area (Å²) in [6.07, 6.45) is -1.24. The van der Waals surface area contributed by atoms with Gasteiger partial charge in [0.2, 0.25) is 0 Å². The molecule has 2 aliphatic heterocycles. The lowest BCUT2D eigenvalue weighted by Gasteiger charge is -2.33. The zero-order chi connectivity index (χ0) is 21.4. The Bertz CT molecular complexity index is 663. The van der Waals surface area contributed by atoms with Crippen molar-refractivity contribution in [2.75, 3.05) is 45.8 Å². The van der Waals surface area contributed by atoms with Gasteiger partial charge in [-0.05, 0) is 44.2 Å². The Morgan fingerprint density at radius 3 is 2.39 bits per heavy atom. The zero-order valence-electron chi connectivity index (χ0n) is 18.2. The first-order chi connectivity index (χ1) is 14.4. The van der Waals surface area contributed by atoms with Crippen molar-refractivity contribution in [3.8, 4) is 0 Å². The topological polar surface area (TPSA) is 42.9 Å². The Balaban J connectivity index is 0.00000341. The fraction of sp³-hybridized carbons (Fsp3) is 0.682. The maximum Gasteiger partial charge on any atom is 0.401 e. The highest BCUT2D eigenvalue weighted by molar-refractivity contribution is 14.0. The van der Waals surface area contributed by atoms with Crippen molar-refractivity contribution in [2.45, 2.75) is 44.9 Å². The van der Waals surface area contributed by atoms with Crippen molar-refractivity contribution in [3.05, 3.63) is 35.9 Å². The van der Waals surface area contributed by atoms with E-state index >= 15 is 0 Å². The number of guanidine groups is 1. The summed E-state index contributed by atoms with van der Waals surface area (Å²) in [4.78, 5) is 8.65. The van der Waals surface area contributed by atoms with Crippen LogP contribution in [-0.4, -0.2) is 73.8 Å². The van der Waals surface area contributed by atoms with Crippen molar-refractivity contribution in [1.82, 2.24) is 20.4 Å². The molecule has 2 aliphatic rings. The van der Waals surface area contributed by atoms with E-state index in [4.69, 9.17) is 0 Å². The van der Waals surface area contributed by atoms with Crippen molar-refractivity contribution in [3.63, 3.8) is 0 Å². The molecule has 0 bridgehead atoms. The molecule has 1 unspecified atom stereocenters. The van der Waals surface area contributed by atoms with Gasteiger partial charge >= 0.3 is 6.18 Å². The van der Waals surface area contributed by atoms with Crippen molar-refractivity contribution < 1.29 is 13.2 Å². The molecule has 0 spiro atoms. The standard InChI is InChI=1S/C22H34F3N5.HI/c1-2-26-21(27-14-19-8-11-30(16-19)17-22(23,24)25)28-20-9-12-29(13-10-20)15-18-6-4-3-5-7-18;/h3-7,19-20H,2,8-17H2,1H3,(H2,26,27,28);1H. The summed E-state index contributed by atoms with van der Waals surface area (Å²) >= 11 is 0. The van der Waals surface area contributed by atoms with Crippen LogP contribution in [0.1, 0.15) is 31.7 Å². The number of alkyl halides is 3. The fourth-order valence-corrected chi connectivity index (χ4v) is 4.27. The van der Waals surface area contributed by atoms with E-state index in [0.29, 0.717) is 25.7 Å². The molecule has 1 aromatic rings. The van der Waals surface area contributed by atoms with Gasteiger partial charge in [-0.2, -0.15) is 13.2 Å². The predicted molar refractivity (Wildman–Crippen MR) is 130 cm³/mol. The SMILES string of the molecule is CCNC(=NCC1CCN(CC(F)(F)F)C1)NC1CCN(Cc2ccccc2)CC1.I. The highest BCUT2D eigenvalue weighted by Gasteiger charge is 2.34. The zero-order valence-corrected chi connectivity index (χ0v) is 20.5. The molecule has 0 amide bonds. The summed E-state index contributed by atoms with van der Waals surface area (Å²) in [7, 11) is 0. The Hall–Kier alpha value is -1.07. The van der Waals surface area contributed by atoms with Crippen LogP contribution in [0.5, 0.6) is 0 Å². The lowest BCUT2D eigenvalue weighted by Crippen LogP contribution is -2.48. The highest BCUT2D eigenvalue weighted by Crippen LogP contribution is 2.23. The molecule has 2 heterocycles. The van der Waals surface area contributed by atoms with Crippen molar-refractivity contribution in [1.29, 1.82) is 0 Å². The second kappa shape index (κ2) is 12.8. The van der Waals surface area contributed by atoms with E-state index in [2.05, 4.69) is 44.8 Å². The van der Waals surface area contributed by atoms with Gasteiger partial charge in [-0.3, -0.25) is 14.8 Å². The van der Waals surface area contributed by atoms with Gasteiger partial charge in [-0.25, -0.2) is 0 Å². The van der Waals surface area contributed by atoms with Gasteiger partial charge in [0, 0.05) is 45.3 Å². The number of rotatable bonds is 7. The van der Waals surface area contributed by atoms with Gasteiger partial charge in [0.25, 0.3) is 0 Å². The van der Waals surface area contributed by atoms with E-state index in [1.807, 2.05) is 13.0 Å². The Morgan fingerprint density at radius 2 is 1.74 bits per heavy atom. The normalized spacial score (nSPS) is 21.7. The minimum Gasteiger partial charge on any atom is -0.357 e. The highest BCUT2D eigenvalue weighted by atomic mass is 127. The number of benzene rings is 1. The van der Waals surface area contributed by atoms with E-state index < -0.39 is 12.7 Å². The molecular weight excluding hydrogens is 518 g/mol. The molecule has 1 atom stereocenters. The van der Waals surface area contributed by atoms with E-state index in [-0.39, 0.29) is 29.9 Å². The van der Waals surface area contributed by atoms with Gasteiger partial charge in [0.05, 0.1) is 6.54 Å². The fourth-order valence-electron chi connectivity index (χ4n) is 4.27. The molecule has 2 saturated heterocycles. The van der Waals surface area contributed by atoms with E-state index in [0.717, 1.165) is 51.4 Å². The van der Waals surface area contributed by atoms with Crippen molar-refractivity contribution >= 4 is 29.9 Å². The van der Waals surface area contributed by atoms with Crippen LogP contribution in [0.2, 0.25) is 0 Å². The number of likely N-dealkylation sites (tertiary alicyclic amines) is 2. The Kier molecular flexibility index (Phi) is 10.8. The molecular formula is C22H35F3IN5. The summed E-state index contributed by atoms with van der Waals surface area (Å²) in [5.41, 5.74) is 1.34. The number of hydrogen-bond acceptors (Lipinski definition) is 3. The summed E-state index contributed by atoms with van der Waals surface area (Å²) in [6.45, 7) is 6.59. The molecule has 0 radical (unpaired) electrons. The molecule has 2 N–H and O–H groups in total. The first kappa shape index (κ1) is 26.2. The van der Waals surface area contributed by atoms with E-state index in [9.17, 15) is 13.2 Å². The molecule has 5 nitrogen and oxygen atoms in total. The quantitative estimate of drug-likeness (QED) is 0.307. The summed E-state index contributed by atoms with van der Waals surface area (Å²) < 4.78 is 37.7. The molecule has 0 saturated carbocycles. The van der Waals surface area contributed by atoms with Gasteiger partial charge in [-0.1, -0.05) is 30.3 Å². The van der Waals surface area contributed by atoms with Crippen LogP contribution >= 0.6 is 24.0 Å². The van der Waals surface area contributed by atoms with Gasteiger partial charge < -0.3 is 10.6 Å².